The predicted molar refractivity (Wildman–Crippen MR) is 128 cm³/mol. The number of hydrogen-bond donors (Lipinski definition) is 1. The third kappa shape index (κ3) is 4.57. The van der Waals surface area contributed by atoms with Crippen LogP contribution in [0.5, 0.6) is 0 Å². The number of ether oxygens (including phenoxy) is 1. The molecule has 0 unspecified atom stereocenters. The molecule has 1 saturated heterocycles. The first-order valence-corrected chi connectivity index (χ1v) is 12.2. The number of nitrogens with one attached hydrogen (secondary N) is 1. The van der Waals surface area contributed by atoms with E-state index in [1.165, 1.54) is 0 Å². The predicted octanol–water partition coefficient (Wildman–Crippen LogP) is 5.83. The Morgan fingerprint density at radius 1 is 1.27 bits per heavy atom. The Kier molecular flexibility index (Phi) is 5.58. The maximum atomic E-state index is 15.0. The SMILES string of the molecule is CC(C)(C)OC(=O)N1CCC2(CC1)CC(Cc1cnc(-c3cccc4c3CCN4)c(F)c1)C2. The second kappa shape index (κ2) is 8.30. The van der Waals surface area contributed by atoms with Crippen LogP contribution in [0.15, 0.2) is 30.5 Å². The lowest BCUT2D eigenvalue weighted by Gasteiger charge is -2.52. The molecule has 33 heavy (non-hydrogen) atoms. The van der Waals surface area contributed by atoms with Crippen LogP contribution in [-0.4, -0.2) is 41.2 Å². The van der Waals surface area contributed by atoms with Crippen molar-refractivity contribution in [2.45, 2.75) is 64.9 Å². The van der Waals surface area contributed by atoms with Gasteiger partial charge < -0.3 is 15.0 Å². The van der Waals surface area contributed by atoms with Gasteiger partial charge in [0.15, 0.2) is 0 Å². The van der Waals surface area contributed by atoms with Crippen LogP contribution < -0.4 is 5.32 Å². The zero-order valence-electron chi connectivity index (χ0n) is 19.9. The Labute approximate surface area is 195 Å². The Bertz CT molecular complexity index is 1050. The largest absolute Gasteiger partial charge is 0.444 e. The van der Waals surface area contributed by atoms with Gasteiger partial charge in [-0.1, -0.05) is 12.1 Å². The fourth-order valence-electron chi connectivity index (χ4n) is 5.89. The number of carbonyl (C=O) groups excluding carboxylic acids is 1. The molecular weight excluding hydrogens is 417 g/mol. The number of amides is 1. The topological polar surface area (TPSA) is 54.5 Å². The highest BCUT2D eigenvalue weighted by atomic mass is 19.1. The molecule has 1 amide bonds. The van der Waals surface area contributed by atoms with E-state index in [0.29, 0.717) is 17.0 Å². The van der Waals surface area contributed by atoms with Gasteiger partial charge in [-0.3, -0.25) is 4.98 Å². The summed E-state index contributed by atoms with van der Waals surface area (Å²) in [7, 11) is 0. The van der Waals surface area contributed by atoms with Crippen LogP contribution in [0.2, 0.25) is 0 Å². The minimum absolute atomic E-state index is 0.199. The molecule has 1 saturated carbocycles. The lowest BCUT2D eigenvalue weighted by Crippen LogP contribution is -2.50. The van der Waals surface area contributed by atoms with E-state index in [9.17, 15) is 4.79 Å². The number of piperidine rings is 1. The lowest BCUT2D eigenvalue weighted by molar-refractivity contribution is -0.0270. The third-order valence-electron chi connectivity index (χ3n) is 7.46. The van der Waals surface area contributed by atoms with Gasteiger partial charge in [-0.05, 0) is 93.9 Å². The molecule has 1 aromatic carbocycles. The van der Waals surface area contributed by atoms with Crippen LogP contribution in [0.3, 0.4) is 0 Å². The van der Waals surface area contributed by atoms with E-state index in [-0.39, 0.29) is 11.9 Å². The van der Waals surface area contributed by atoms with Crippen molar-refractivity contribution in [1.82, 2.24) is 9.88 Å². The van der Waals surface area contributed by atoms with Gasteiger partial charge in [0.1, 0.15) is 17.1 Å². The molecule has 3 heterocycles. The first kappa shape index (κ1) is 22.2. The van der Waals surface area contributed by atoms with Crippen LogP contribution in [-0.2, 0) is 17.6 Å². The second-order valence-electron chi connectivity index (χ2n) is 11.1. The molecule has 176 valence electrons. The fraction of sp³-hybridized carbons (Fsp3) is 0.556. The molecule has 2 aliphatic heterocycles. The Morgan fingerprint density at radius 2 is 2.03 bits per heavy atom. The highest BCUT2D eigenvalue weighted by molar-refractivity contribution is 5.74. The van der Waals surface area contributed by atoms with Crippen LogP contribution in [0.1, 0.15) is 57.6 Å². The van der Waals surface area contributed by atoms with Gasteiger partial charge in [0, 0.05) is 37.1 Å². The number of fused-ring (bicyclic) bond motifs is 1. The molecule has 1 spiro atoms. The van der Waals surface area contributed by atoms with E-state index in [1.54, 1.807) is 6.07 Å². The van der Waals surface area contributed by atoms with Crippen LogP contribution >= 0.6 is 0 Å². The van der Waals surface area contributed by atoms with Gasteiger partial charge in [0.2, 0.25) is 0 Å². The Hall–Kier alpha value is -2.63. The number of halogens is 1. The van der Waals surface area contributed by atoms with Crippen LogP contribution in [0, 0.1) is 17.2 Å². The molecule has 6 heteroatoms. The van der Waals surface area contributed by atoms with E-state index in [1.807, 2.05) is 50.1 Å². The average Bonchev–Trinajstić information content (AvgIpc) is 3.21. The van der Waals surface area contributed by atoms with Gasteiger partial charge in [0.25, 0.3) is 0 Å². The van der Waals surface area contributed by atoms with Gasteiger partial charge in [0.05, 0.1) is 0 Å². The van der Waals surface area contributed by atoms with Crippen molar-refractivity contribution in [3.63, 3.8) is 0 Å². The van der Waals surface area contributed by atoms with E-state index in [0.717, 1.165) is 80.5 Å². The summed E-state index contributed by atoms with van der Waals surface area (Å²) in [5.74, 6) is 0.336. The molecule has 5 nitrogen and oxygen atoms in total. The molecule has 1 aliphatic carbocycles. The summed E-state index contributed by atoms with van der Waals surface area (Å²) in [5, 5.41) is 3.35. The van der Waals surface area contributed by atoms with Crippen LogP contribution in [0.25, 0.3) is 11.3 Å². The van der Waals surface area contributed by atoms with E-state index in [4.69, 9.17) is 4.74 Å². The van der Waals surface area contributed by atoms with Gasteiger partial charge >= 0.3 is 6.09 Å². The summed E-state index contributed by atoms with van der Waals surface area (Å²) in [5.41, 5.74) is 4.48. The molecule has 2 aromatic rings. The van der Waals surface area contributed by atoms with Crippen LogP contribution in [0.4, 0.5) is 14.9 Å². The van der Waals surface area contributed by atoms with Crippen molar-refractivity contribution in [3.8, 4) is 11.3 Å². The molecule has 0 atom stereocenters. The monoisotopic (exact) mass is 451 g/mol. The number of carbonyl (C=O) groups is 1. The first-order chi connectivity index (χ1) is 15.7. The van der Waals surface area contributed by atoms with Crippen molar-refractivity contribution >= 4 is 11.8 Å². The normalized spacial score (nSPS) is 19.7. The smallest absolute Gasteiger partial charge is 0.410 e. The molecular formula is C27H34FN3O2. The maximum absolute atomic E-state index is 15.0. The number of nitrogens with zero attached hydrogens (tertiary/aromatic N) is 2. The molecule has 1 N–H and O–H groups in total. The summed E-state index contributed by atoms with van der Waals surface area (Å²) in [6, 6.07) is 7.66. The Balaban J connectivity index is 1.16. The zero-order valence-corrected chi connectivity index (χ0v) is 19.9. The summed E-state index contributed by atoms with van der Waals surface area (Å²) in [6.45, 7) is 8.14. The molecule has 0 bridgehead atoms. The van der Waals surface area contributed by atoms with Crippen molar-refractivity contribution < 1.29 is 13.9 Å². The van der Waals surface area contributed by atoms with Crippen molar-refractivity contribution in [1.29, 1.82) is 0 Å². The third-order valence-corrected chi connectivity index (χ3v) is 7.46. The van der Waals surface area contributed by atoms with Gasteiger partial charge in [-0.25, -0.2) is 9.18 Å². The molecule has 0 radical (unpaired) electrons. The number of aromatic nitrogens is 1. The molecule has 1 aromatic heterocycles. The minimum atomic E-state index is -0.454. The van der Waals surface area contributed by atoms with Gasteiger partial charge in [-0.2, -0.15) is 0 Å². The highest BCUT2D eigenvalue weighted by Gasteiger charge is 2.46. The first-order valence-electron chi connectivity index (χ1n) is 12.2. The number of anilines is 1. The summed E-state index contributed by atoms with van der Waals surface area (Å²) in [4.78, 5) is 18.7. The number of hydrogen-bond acceptors (Lipinski definition) is 4. The number of likely N-dealkylation sites (tertiary alicyclic amines) is 1. The lowest BCUT2D eigenvalue weighted by atomic mass is 9.56. The van der Waals surface area contributed by atoms with E-state index < -0.39 is 5.60 Å². The number of pyridine rings is 1. The summed E-state index contributed by atoms with van der Waals surface area (Å²) >= 11 is 0. The van der Waals surface area contributed by atoms with E-state index >= 15 is 4.39 Å². The van der Waals surface area contributed by atoms with Gasteiger partial charge in [-0.15, -0.1) is 0 Å². The van der Waals surface area contributed by atoms with Crippen molar-refractivity contribution in [3.05, 3.63) is 47.4 Å². The van der Waals surface area contributed by atoms with Crippen molar-refractivity contribution in [2.24, 2.45) is 11.3 Å². The molecule has 3 aliphatic rings. The Morgan fingerprint density at radius 3 is 2.73 bits per heavy atom. The summed E-state index contributed by atoms with van der Waals surface area (Å²) < 4.78 is 20.5. The average molecular weight is 452 g/mol. The van der Waals surface area contributed by atoms with Crippen molar-refractivity contribution in [2.75, 3.05) is 25.0 Å². The minimum Gasteiger partial charge on any atom is -0.444 e. The fourth-order valence-corrected chi connectivity index (χ4v) is 5.89. The maximum Gasteiger partial charge on any atom is 0.410 e. The quantitative estimate of drug-likeness (QED) is 0.638. The number of rotatable bonds is 3. The van der Waals surface area contributed by atoms with E-state index in [2.05, 4.69) is 10.3 Å². The molecule has 5 rings (SSSR count). The summed E-state index contributed by atoms with van der Waals surface area (Å²) in [6.07, 6.45) is 7.79. The standard InChI is InChI=1S/C27H34FN3O2/c1-26(2,3)33-25(32)31-11-8-27(9-12-31)15-19(16-27)13-18-14-22(28)24(30-17-18)21-5-4-6-23-20(21)7-10-29-23/h4-6,14,17,19,29H,7-13,15-16H2,1-3H3. The molecule has 2 fully saturated rings. The second-order valence-corrected chi connectivity index (χ2v) is 11.1. The number of benzene rings is 1. The highest BCUT2D eigenvalue weighted by Crippen LogP contribution is 2.53. The zero-order chi connectivity index (χ0) is 23.2.